The summed E-state index contributed by atoms with van der Waals surface area (Å²) in [7, 11) is -4.30. The zero-order valence-electron chi connectivity index (χ0n) is 15.0. The van der Waals surface area contributed by atoms with E-state index in [2.05, 4.69) is 0 Å². The molecular weight excluding hydrogens is 482 g/mol. The molecule has 12 heteroatoms. The van der Waals surface area contributed by atoms with Gasteiger partial charge in [0.15, 0.2) is 0 Å². The second kappa shape index (κ2) is 8.48. The van der Waals surface area contributed by atoms with Crippen LogP contribution in [0.25, 0.3) is 0 Å². The van der Waals surface area contributed by atoms with Gasteiger partial charge in [-0.2, -0.15) is 9.57 Å². The molecular formula is C18H14Cl3FN2O5S. The Morgan fingerprint density at radius 1 is 1.27 bits per heavy atom. The topological polar surface area (TPSA) is 111 Å². The predicted molar refractivity (Wildman–Crippen MR) is 108 cm³/mol. The fourth-order valence-electron chi connectivity index (χ4n) is 3.04. The van der Waals surface area contributed by atoms with Gasteiger partial charge in [-0.3, -0.25) is 0 Å². The maximum absolute atomic E-state index is 13.8. The zero-order chi connectivity index (χ0) is 22.3. The molecule has 30 heavy (non-hydrogen) atoms. The van der Waals surface area contributed by atoms with Crippen molar-refractivity contribution in [1.29, 1.82) is 5.26 Å². The van der Waals surface area contributed by atoms with Gasteiger partial charge in [0.05, 0.1) is 28.8 Å². The fraction of sp³-hybridized carbons (Fsp3) is 0.278. The second-order valence-corrected chi connectivity index (χ2v) is 9.74. The molecule has 0 spiro atoms. The molecule has 1 aliphatic heterocycles. The third-order valence-electron chi connectivity index (χ3n) is 4.59. The molecule has 0 bridgehead atoms. The van der Waals surface area contributed by atoms with E-state index < -0.39 is 45.6 Å². The number of hydrogen-bond donors (Lipinski definition) is 2. The quantitative estimate of drug-likeness (QED) is 0.660. The highest BCUT2D eigenvalue weighted by Gasteiger charge is 2.51. The SMILES string of the molecule is N#Cc1ccc(O[C@H]2CN(S(=O)(=O)c3c(Cl)cc(Cl)cc3Cl)C[C@@]2(O)CO)cc1F. The molecule has 2 N–H and O–H groups in total. The van der Waals surface area contributed by atoms with Gasteiger partial charge in [0.1, 0.15) is 34.2 Å². The smallest absolute Gasteiger partial charge is 0.246 e. The highest BCUT2D eigenvalue weighted by molar-refractivity contribution is 7.89. The van der Waals surface area contributed by atoms with Crippen LogP contribution in [0.3, 0.4) is 0 Å². The van der Waals surface area contributed by atoms with Gasteiger partial charge in [-0.15, -0.1) is 0 Å². The number of hydrogen-bond acceptors (Lipinski definition) is 6. The van der Waals surface area contributed by atoms with Crippen molar-refractivity contribution in [3.63, 3.8) is 0 Å². The average Bonchev–Trinajstić information content (AvgIpc) is 2.99. The van der Waals surface area contributed by atoms with Crippen LogP contribution in [0.4, 0.5) is 4.39 Å². The molecule has 0 unspecified atom stereocenters. The van der Waals surface area contributed by atoms with Crippen LogP contribution in [0.15, 0.2) is 35.2 Å². The first-order chi connectivity index (χ1) is 14.0. The van der Waals surface area contributed by atoms with Gasteiger partial charge in [0, 0.05) is 17.6 Å². The molecule has 3 rings (SSSR count). The average molecular weight is 496 g/mol. The van der Waals surface area contributed by atoms with E-state index in [-0.39, 0.29) is 32.9 Å². The van der Waals surface area contributed by atoms with Gasteiger partial charge in [0.2, 0.25) is 10.0 Å². The Balaban J connectivity index is 1.93. The first-order valence-electron chi connectivity index (χ1n) is 8.36. The number of aliphatic hydroxyl groups is 2. The Bertz CT molecular complexity index is 1120. The Morgan fingerprint density at radius 2 is 1.90 bits per heavy atom. The number of nitriles is 1. The largest absolute Gasteiger partial charge is 0.486 e. The number of halogens is 4. The van der Waals surface area contributed by atoms with Crippen LogP contribution < -0.4 is 4.74 Å². The van der Waals surface area contributed by atoms with Crippen LogP contribution in [0.1, 0.15) is 5.56 Å². The molecule has 160 valence electrons. The lowest BCUT2D eigenvalue weighted by molar-refractivity contribution is -0.0641. The summed E-state index contributed by atoms with van der Waals surface area (Å²) in [6, 6.07) is 7.49. The molecule has 2 aromatic rings. The van der Waals surface area contributed by atoms with Crippen molar-refractivity contribution >= 4 is 44.8 Å². The van der Waals surface area contributed by atoms with Crippen LogP contribution >= 0.6 is 34.8 Å². The Morgan fingerprint density at radius 3 is 2.43 bits per heavy atom. The lowest BCUT2D eigenvalue weighted by Gasteiger charge is -2.27. The van der Waals surface area contributed by atoms with E-state index in [9.17, 15) is 23.0 Å². The number of rotatable bonds is 5. The number of ether oxygens (including phenoxy) is 1. The molecule has 0 saturated carbocycles. The van der Waals surface area contributed by atoms with E-state index in [1.54, 1.807) is 6.07 Å². The summed E-state index contributed by atoms with van der Waals surface area (Å²) in [4.78, 5) is -0.402. The maximum Gasteiger partial charge on any atom is 0.246 e. The Hall–Kier alpha value is -1.64. The normalized spacial score (nSPS) is 22.1. The molecule has 7 nitrogen and oxygen atoms in total. The summed E-state index contributed by atoms with van der Waals surface area (Å²) >= 11 is 17.9. The van der Waals surface area contributed by atoms with Crippen molar-refractivity contribution in [2.75, 3.05) is 19.7 Å². The Kier molecular flexibility index (Phi) is 6.51. The lowest BCUT2D eigenvalue weighted by atomic mass is 10.0. The summed E-state index contributed by atoms with van der Waals surface area (Å²) in [6.45, 7) is -1.73. The van der Waals surface area contributed by atoms with E-state index in [0.717, 1.165) is 10.4 Å². The molecule has 1 saturated heterocycles. The number of aliphatic hydroxyl groups excluding tert-OH is 1. The van der Waals surface area contributed by atoms with Gasteiger partial charge in [-0.05, 0) is 24.3 Å². The maximum atomic E-state index is 13.8. The van der Waals surface area contributed by atoms with E-state index >= 15 is 0 Å². The molecule has 0 amide bonds. The summed E-state index contributed by atoms with van der Waals surface area (Å²) < 4.78 is 46.4. The summed E-state index contributed by atoms with van der Waals surface area (Å²) in [5, 5.41) is 28.9. The minimum Gasteiger partial charge on any atom is -0.486 e. The number of nitrogens with zero attached hydrogens (tertiary/aromatic N) is 2. The molecule has 0 aromatic heterocycles. The van der Waals surface area contributed by atoms with Gasteiger partial charge in [0.25, 0.3) is 0 Å². The highest BCUT2D eigenvalue weighted by atomic mass is 35.5. The molecule has 0 radical (unpaired) electrons. The first-order valence-corrected chi connectivity index (χ1v) is 10.9. The van der Waals surface area contributed by atoms with Crippen LogP contribution in [0, 0.1) is 17.1 Å². The third kappa shape index (κ3) is 4.22. The van der Waals surface area contributed by atoms with Gasteiger partial charge in [-0.25, -0.2) is 12.8 Å². The minimum absolute atomic E-state index is 0.0508. The van der Waals surface area contributed by atoms with E-state index in [0.29, 0.717) is 0 Å². The van der Waals surface area contributed by atoms with Crippen molar-refractivity contribution in [3.05, 3.63) is 56.8 Å². The third-order valence-corrected chi connectivity index (χ3v) is 7.55. The highest BCUT2D eigenvalue weighted by Crippen LogP contribution is 2.37. The predicted octanol–water partition coefficient (Wildman–Crippen LogP) is 2.83. The Labute approximate surface area is 186 Å². The lowest BCUT2D eigenvalue weighted by Crippen LogP contribution is -2.48. The summed E-state index contributed by atoms with van der Waals surface area (Å²) in [5.41, 5.74) is -2.19. The van der Waals surface area contributed by atoms with Crippen molar-refractivity contribution in [1.82, 2.24) is 4.31 Å². The molecule has 2 aromatic carbocycles. The minimum atomic E-state index is -4.30. The standard InChI is InChI=1S/C18H14Cl3FN2O5S/c19-11-3-13(20)17(14(21)4-11)30(27,28)24-7-16(18(26,8-24)9-25)29-12-2-1-10(6-23)15(22)5-12/h1-5,16,25-26H,7-9H2/t16-,18+/m0/s1. The van der Waals surface area contributed by atoms with E-state index in [1.807, 2.05) is 0 Å². The summed E-state index contributed by atoms with van der Waals surface area (Å²) in [5.74, 6) is -0.894. The van der Waals surface area contributed by atoms with Crippen molar-refractivity contribution in [3.8, 4) is 11.8 Å². The van der Waals surface area contributed by atoms with Crippen LogP contribution in [-0.2, 0) is 10.0 Å². The molecule has 2 atom stereocenters. The van der Waals surface area contributed by atoms with Gasteiger partial charge >= 0.3 is 0 Å². The van der Waals surface area contributed by atoms with Gasteiger partial charge < -0.3 is 14.9 Å². The van der Waals surface area contributed by atoms with Gasteiger partial charge in [-0.1, -0.05) is 34.8 Å². The number of sulfonamides is 1. The number of benzene rings is 2. The van der Waals surface area contributed by atoms with Crippen molar-refractivity contribution in [2.45, 2.75) is 16.6 Å². The number of β-amino-alcohol motifs (C(OH)–C–C–N with tert-alkyl or cyclic N) is 1. The molecule has 0 aliphatic carbocycles. The fourth-order valence-corrected chi connectivity index (χ4v) is 6.03. The first kappa shape index (κ1) is 23.0. The van der Waals surface area contributed by atoms with E-state index in [4.69, 9.17) is 44.8 Å². The molecule has 1 heterocycles. The van der Waals surface area contributed by atoms with E-state index in [1.165, 1.54) is 24.3 Å². The summed E-state index contributed by atoms with van der Waals surface area (Å²) in [6.07, 6.45) is -1.24. The monoisotopic (exact) mass is 494 g/mol. The molecule has 1 aliphatic rings. The zero-order valence-corrected chi connectivity index (χ0v) is 18.1. The van der Waals surface area contributed by atoms with Crippen molar-refractivity contribution in [2.24, 2.45) is 0 Å². The van der Waals surface area contributed by atoms with Crippen molar-refractivity contribution < 1.29 is 27.8 Å². The van der Waals surface area contributed by atoms with Crippen LogP contribution in [0.2, 0.25) is 15.1 Å². The molecule has 1 fully saturated rings. The second-order valence-electron chi connectivity index (χ2n) is 6.62. The van der Waals surface area contributed by atoms with Crippen LogP contribution in [0.5, 0.6) is 5.75 Å². The van der Waals surface area contributed by atoms with Crippen LogP contribution in [-0.4, -0.2) is 54.3 Å².